The highest BCUT2D eigenvalue weighted by Gasteiger charge is 2.20. The Balaban J connectivity index is 1.02. The molecule has 9 rings (SSSR count). The van der Waals surface area contributed by atoms with Crippen LogP contribution in [0.15, 0.2) is 121 Å². The van der Waals surface area contributed by atoms with Crippen LogP contribution in [0, 0.1) is 0 Å². The molecule has 75 heavy (non-hydrogen) atoms. The molecule has 0 aliphatic carbocycles. The molecule has 9 aromatic rings. The third kappa shape index (κ3) is 14.5. The van der Waals surface area contributed by atoms with Crippen LogP contribution in [0.3, 0.4) is 0 Å². The molecular formula is C68H76N2S5. The van der Waals surface area contributed by atoms with Crippen LogP contribution < -0.4 is 0 Å². The molecule has 5 aromatic heterocycles. The number of nitrogens with zero attached hydrogens (tertiary/aromatic N) is 2. The van der Waals surface area contributed by atoms with Gasteiger partial charge in [-0.15, -0.1) is 45.3 Å². The third-order valence-electron chi connectivity index (χ3n) is 14.6. The lowest BCUT2D eigenvalue weighted by Crippen LogP contribution is -1.87. The molecule has 0 unspecified atom stereocenters. The molecular weight excluding hydrogens is 1010 g/mol. The molecule has 7 heteroatoms. The Morgan fingerprint density at radius 1 is 0.320 bits per heavy atom. The van der Waals surface area contributed by atoms with E-state index in [1.165, 1.54) is 209 Å². The number of rotatable bonds is 29. The lowest BCUT2D eigenvalue weighted by molar-refractivity contribution is 0.667. The first-order valence-corrected chi connectivity index (χ1v) is 32.4. The van der Waals surface area contributed by atoms with E-state index in [9.17, 15) is 0 Å². The summed E-state index contributed by atoms with van der Waals surface area (Å²) in [7, 11) is 0. The molecule has 0 aliphatic heterocycles. The molecule has 388 valence electrons. The van der Waals surface area contributed by atoms with Crippen molar-refractivity contribution in [1.82, 2.24) is 8.75 Å². The van der Waals surface area contributed by atoms with Crippen LogP contribution >= 0.6 is 57.1 Å². The van der Waals surface area contributed by atoms with Crippen molar-refractivity contribution in [3.05, 3.63) is 163 Å². The van der Waals surface area contributed by atoms with Crippen LogP contribution in [-0.2, 0) is 25.7 Å². The molecule has 2 nitrogen and oxygen atoms in total. The minimum atomic E-state index is 1.03. The number of aromatic nitrogens is 2. The summed E-state index contributed by atoms with van der Waals surface area (Å²) < 4.78 is 10.1. The maximum atomic E-state index is 5.07. The molecule has 0 spiro atoms. The number of thiophene rings is 4. The first kappa shape index (κ1) is 54.8. The maximum absolute atomic E-state index is 5.07. The second kappa shape index (κ2) is 28.4. The highest BCUT2D eigenvalue weighted by molar-refractivity contribution is 7.18. The molecule has 0 saturated carbocycles. The zero-order valence-electron chi connectivity index (χ0n) is 44.9. The standard InChI is InChI=1S/C68H76N2S5/c1-5-9-13-19-31-53-45-63(51-29-25-18-26-30-51)71-59(53)41-43-61-55(33-21-15-11-7-3)47-65(73-61)57-39-40-58(68-67(57)69-75-70-68)66-48-56(34-22-16-12-8-4)62(74-66)44-42-60-54(32-20-14-10-6-2)46-64(72-60)52-37-35-50(36-38-52)49-27-23-17-24-28-49/h17-18,23-30,35-48H,5-16,19-22,31-34H2,1-4H3/b43-41+,44-42+. The monoisotopic (exact) mass is 1080 g/mol. The molecule has 0 radical (unpaired) electrons. The Morgan fingerprint density at radius 2 is 0.627 bits per heavy atom. The number of hydrogen-bond donors (Lipinski definition) is 0. The van der Waals surface area contributed by atoms with E-state index in [1.54, 1.807) is 0 Å². The van der Waals surface area contributed by atoms with Gasteiger partial charge in [0, 0.05) is 50.1 Å². The van der Waals surface area contributed by atoms with Gasteiger partial charge in [0.1, 0.15) is 11.0 Å². The smallest absolute Gasteiger partial charge is 0.114 e. The fourth-order valence-electron chi connectivity index (χ4n) is 10.3. The maximum Gasteiger partial charge on any atom is 0.114 e. The van der Waals surface area contributed by atoms with Gasteiger partial charge in [-0.2, -0.15) is 8.75 Å². The number of benzene rings is 4. The molecule has 0 amide bonds. The van der Waals surface area contributed by atoms with Gasteiger partial charge in [-0.3, -0.25) is 0 Å². The SMILES string of the molecule is CCCCCCc1cc(-c2ccccc2)sc1/C=C/c1sc(-c2ccc(-c3cc(CCCCCC)c(/C=C/c4sc(-c5ccc(-c6ccccc6)cc5)cc4CCCCCC)s3)c3nsnc23)cc1CCCCCC. The average molecular weight is 1080 g/mol. The Morgan fingerprint density at radius 3 is 1.00 bits per heavy atom. The van der Waals surface area contributed by atoms with E-state index in [1.807, 2.05) is 45.3 Å². The van der Waals surface area contributed by atoms with Crippen molar-refractivity contribution in [3.8, 4) is 52.9 Å². The fraction of sp³-hybridized carbons (Fsp3) is 0.353. The topological polar surface area (TPSA) is 25.8 Å². The summed E-state index contributed by atoms with van der Waals surface area (Å²) in [6, 6.07) is 45.4. The minimum absolute atomic E-state index is 1.03. The van der Waals surface area contributed by atoms with Gasteiger partial charge in [0.25, 0.3) is 0 Å². The average Bonchev–Trinajstić information content (AvgIpc) is 4.32. The van der Waals surface area contributed by atoms with Crippen molar-refractivity contribution in [3.63, 3.8) is 0 Å². The van der Waals surface area contributed by atoms with Gasteiger partial charge in [0.15, 0.2) is 0 Å². The van der Waals surface area contributed by atoms with Gasteiger partial charge in [-0.1, -0.05) is 202 Å². The summed E-state index contributed by atoms with van der Waals surface area (Å²) in [6.45, 7) is 9.22. The van der Waals surface area contributed by atoms with E-state index in [-0.39, 0.29) is 0 Å². The lowest BCUT2D eigenvalue weighted by atomic mass is 10.0. The van der Waals surface area contributed by atoms with Gasteiger partial charge >= 0.3 is 0 Å². The Kier molecular flexibility index (Phi) is 20.7. The van der Waals surface area contributed by atoms with Crippen LogP contribution in [0.1, 0.15) is 172 Å². The lowest BCUT2D eigenvalue weighted by Gasteiger charge is -2.03. The minimum Gasteiger partial charge on any atom is -0.172 e. The van der Waals surface area contributed by atoms with E-state index in [0.29, 0.717) is 0 Å². The van der Waals surface area contributed by atoms with Crippen molar-refractivity contribution in [2.24, 2.45) is 0 Å². The number of aryl methyl sites for hydroxylation is 4. The Labute approximate surface area is 469 Å². The van der Waals surface area contributed by atoms with Gasteiger partial charge < -0.3 is 0 Å². The second-order valence-corrected chi connectivity index (χ2v) is 25.2. The first-order valence-electron chi connectivity index (χ1n) is 28.4. The van der Waals surface area contributed by atoms with Crippen LogP contribution in [0.2, 0.25) is 0 Å². The van der Waals surface area contributed by atoms with Crippen LogP contribution in [0.5, 0.6) is 0 Å². The van der Waals surface area contributed by atoms with Gasteiger partial charge in [0.2, 0.25) is 0 Å². The van der Waals surface area contributed by atoms with E-state index < -0.39 is 0 Å². The predicted molar refractivity (Wildman–Crippen MR) is 338 cm³/mol. The summed E-state index contributed by atoms with van der Waals surface area (Å²) in [4.78, 5) is 10.8. The molecule has 0 aliphatic rings. The Hall–Kier alpha value is -5.02. The quantitative estimate of drug-likeness (QED) is 0.0437. The number of hydrogen-bond acceptors (Lipinski definition) is 7. The van der Waals surface area contributed by atoms with Crippen molar-refractivity contribution in [2.45, 2.75) is 156 Å². The molecule has 0 fully saturated rings. The van der Waals surface area contributed by atoms with Crippen molar-refractivity contribution in [1.29, 1.82) is 0 Å². The van der Waals surface area contributed by atoms with E-state index >= 15 is 0 Å². The van der Waals surface area contributed by atoms with Crippen molar-refractivity contribution < 1.29 is 0 Å². The van der Waals surface area contributed by atoms with Gasteiger partial charge in [-0.25, -0.2) is 0 Å². The molecule has 0 N–H and O–H groups in total. The Bertz CT molecular complexity index is 3210. The normalized spacial score (nSPS) is 11.9. The van der Waals surface area contributed by atoms with Crippen LogP contribution in [0.4, 0.5) is 0 Å². The third-order valence-corrected chi connectivity index (χ3v) is 19.9. The molecule has 0 atom stereocenters. The second-order valence-electron chi connectivity index (χ2n) is 20.3. The van der Waals surface area contributed by atoms with Crippen molar-refractivity contribution >= 4 is 92.4 Å². The summed E-state index contributed by atoms with van der Waals surface area (Å²) >= 11 is 9.10. The fourth-order valence-corrected chi connectivity index (χ4v) is 15.4. The zero-order chi connectivity index (χ0) is 51.6. The summed E-state index contributed by atoms with van der Waals surface area (Å²) in [6.07, 6.45) is 34.3. The molecule has 5 heterocycles. The summed E-state index contributed by atoms with van der Waals surface area (Å²) in [5.41, 5.74) is 15.4. The zero-order valence-corrected chi connectivity index (χ0v) is 49.0. The highest BCUT2D eigenvalue weighted by atomic mass is 32.1. The summed E-state index contributed by atoms with van der Waals surface area (Å²) in [5.74, 6) is 0. The van der Waals surface area contributed by atoms with Crippen LogP contribution in [0.25, 0.3) is 88.2 Å². The van der Waals surface area contributed by atoms with Crippen molar-refractivity contribution in [2.75, 3.05) is 0 Å². The number of unbranched alkanes of at least 4 members (excludes halogenated alkanes) is 12. The molecule has 0 saturated heterocycles. The predicted octanol–water partition coefficient (Wildman–Crippen LogP) is 23.1. The van der Waals surface area contributed by atoms with Gasteiger partial charge in [-0.05, 0) is 144 Å². The van der Waals surface area contributed by atoms with E-state index in [0.717, 1.165) is 36.7 Å². The van der Waals surface area contributed by atoms with E-state index in [4.69, 9.17) is 8.75 Å². The first-order chi connectivity index (χ1) is 37.0. The van der Waals surface area contributed by atoms with Crippen LogP contribution in [-0.4, -0.2) is 8.75 Å². The highest BCUT2D eigenvalue weighted by Crippen LogP contribution is 2.44. The largest absolute Gasteiger partial charge is 0.172 e. The summed E-state index contributed by atoms with van der Waals surface area (Å²) in [5, 5.41) is 0. The molecule has 0 bridgehead atoms. The van der Waals surface area contributed by atoms with Gasteiger partial charge in [0.05, 0.1) is 11.7 Å². The number of fused-ring (bicyclic) bond motifs is 1. The van der Waals surface area contributed by atoms with E-state index in [2.05, 4.69) is 173 Å². The molecule has 4 aromatic carbocycles.